The number of esters is 1. The van der Waals surface area contributed by atoms with Crippen LogP contribution in [0.25, 0.3) is 0 Å². The van der Waals surface area contributed by atoms with Crippen molar-refractivity contribution in [2.75, 3.05) is 11.9 Å². The molecule has 2 aromatic carbocycles. The minimum Gasteiger partial charge on any atom is -0.459 e. The zero-order chi connectivity index (χ0) is 24.7. The highest BCUT2D eigenvalue weighted by Crippen LogP contribution is 2.23. The standard InChI is InChI=1S/C27H35N3O4/c1-19-10-8-13-21(16-19)28-26(33)29-23-15-9-14-22(17-20-11-6-5-7-12-20)30(25(23)32)18-24(31)34-27(2,3)4/h5-8,10-13,16,22-23H,9,14-15,17-18H2,1-4H3,(H2,28,29,33). The SMILES string of the molecule is Cc1cccc(NC(=O)NC2CCCC(Cc3ccccc3)N(CC(=O)OC(C)(C)C)C2=O)c1. The first-order valence-electron chi connectivity index (χ1n) is 11.8. The number of urea groups is 1. The highest BCUT2D eigenvalue weighted by molar-refractivity contribution is 5.94. The van der Waals surface area contributed by atoms with E-state index in [-0.39, 0.29) is 18.5 Å². The van der Waals surface area contributed by atoms with Crippen molar-refractivity contribution in [1.29, 1.82) is 0 Å². The summed E-state index contributed by atoms with van der Waals surface area (Å²) in [7, 11) is 0. The minimum absolute atomic E-state index is 0.148. The van der Waals surface area contributed by atoms with Gasteiger partial charge in [0.2, 0.25) is 5.91 Å². The zero-order valence-corrected chi connectivity index (χ0v) is 20.5. The molecule has 1 heterocycles. The summed E-state index contributed by atoms with van der Waals surface area (Å²) in [5.41, 5.74) is 2.13. The fourth-order valence-electron chi connectivity index (χ4n) is 4.22. The molecule has 0 saturated carbocycles. The van der Waals surface area contributed by atoms with Gasteiger partial charge in [-0.05, 0) is 76.6 Å². The quantitative estimate of drug-likeness (QED) is 0.617. The van der Waals surface area contributed by atoms with Crippen molar-refractivity contribution in [2.24, 2.45) is 0 Å². The van der Waals surface area contributed by atoms with Crippen LogP contribution >= 0.6 is 0 Å². The molecule has 3 amide bonds. The Morgan fingerprint density at radius 2 is 1.79 bits per heavy atom. The van der Waals surface area contributed by atoms with E-state index in [1.165, 1.54) is 0 Å². The van der Waals surface area contributed by atoms with Gasteiger partial charge in [-0.1, -0.05) is 42.5 Å². The number of anilines is 1. The number of nitrogens with one attached hydrogen (secondary N) is 2. The van der Waals surface area contributed by atoms with Gasteiger partial charge in [0.15, 0.2) is 0 Å². The number of hydrogen-bond acceptors (Lipinski definition) is 4. The van der Waals surface area contributed by atoms with Crippen LogP contribution in [0.1, 0.15) is 51.2 Å². The largest absolute Gasteiger partial charge is 0.459 e. The molecule has 34 heavy (non-hydrogen) atoms. The van der Waals surface area contributed by atoms with Crippen LogP contribution in [0.5, 0.6) is 0 Å². The van der Waals surface area contributed by atoms with Crippen molar-refractivity contribution in [3.05, 3.63) is 65.7 Å². The Balaban J connectivity index is 1.75. The third-order valence-electron chi connectivity index (χ3n) is 5.67. The van der Waals surface area contributed by atoms with E-state index in [0.29, 0.717) is 18.5 Å². The van der Waals surface area contributed by atoms with Crippen LogP contribution in [0.3, 0.4) is 0 Å². The summed E-state index contributed by atoms with van der Waals surface area (Å²) >= 11 is 0. The van der Waals surface area contributed by atoms with E-state index in [2.05, 4.69) is 10.6 Å². The van der Waals surface area contributed by atoms with Gasteiger partial charge in [0.1, 0.15) is 18.2 Å². The molecule has 2 unspecified atom stereocenters. The Kier molecular flexibility index (Phi) is 8.31. The van der Waals surface area contributed by atoms with E-state index >= 15 is 0 Å². The number of likely N-dealkylation sites (tertiary alicyclic amines) is 1. The highest BCUT2D eigenvalue weighted by atomic mass is 16.6. The summed E-state index contributed by atoms with van der Waals surface area (Å²) < 4.78 is 5.50. The molecule has 2 aromatic rings. The van der Waals surface area contributed by atoms with Crippen molar-refractivity contribution in [3.63, 3.8) is 0 Å². The monoisotopic (exact) mass is 465 g/mol. The molecule has 2 N–H and O–H groups in total. The summed E-state index contributed by atoms with van der Waals surface area (Å²) in [6.45, 7) is 7.20. The van der Waals surface area contributed by atoms with Crippen molar-refractivity contribution in [3.8, 4) is 0 Å². The van der Waals surface area contributed by atoms with Gasteiger partial charge >= 0.3 is 12.0 Å². The van der Waals surface area contributed by atoms with Crippen LogP contribution in [0.2, 0.25) is 0 Å². The number of carbonyl (C=O) groups is 3. The van der Waals surface area contributed by atoms with Crippen LogP contribution in [0.4, 0.5) is 10.5 Å². The lowest BCUT2D eigenvalue weighted by molar-refractivity contribution is -0.160. The summed E-state index contributed by atoms with van der Waals surface area (Å²) in [5, 5.41) is 5.62. The van der Waals surface area contributed by atoms with E-state index in [4.69, 9.17) is 4.74 Å². The van der Waals surface area contributed by atoms with Crippen molar-refractivity contribution in [2.45, 2.75) is 71.1 Å². The highest BCUT2D eigenvalue weighted by Gasteiger charge is 2.36. The molecule has 0 spiro atoms. The second kappa shape index (κ2) is 11.2. The summed E-state index contributed by atoms with van der Waals surface area (Å²) in [6.07, 6.45) is 2.64. The average molecular weight is 466 g/mol. The average Bonchev–Trinajstić information content (AvgIpc) is 2.87. The Morgan fingerprint density at radius 1 is 1.06 bits per heavy atom. The number of carbonyl (C=O) groups excluding carboxylic acids is 3. The number of benzene rings is 2. The normalized spacial score (nSPS) is 18.7. The Morgan fingerprint density at radius 3 is 2.47 bits per heavy atom. The van der Waals surface area contributed by atoms with Crippen LogP contribution < -0.4 is 10.6 Å². The molecular formula is C27H35N3O4. The van der Waals surface area contributed by atoms with Gasteiger partial charge in [-0.25, -0.2) is 4.79 Å². The van der Waals surface area contributed by atoms with E-state index in [1.54, 1.807) is 31.7 Å². The Labute approximate surface area is 201 Å². The number of ether oxygens (including phenoxy) is 1. The molecule has 182 valence electrons. The smallest absolute Gasteiger partial charge is 0.326 e. The lowest BCUT2D eigenvalue weighted by Gasteiger charge is -2.32. The van der Waals surface area contributed by atoms with E-state index in [9.17, 15) is 14.4 Å². The van der Waals surface area contributed by atoms with E-state index in [1.807, 2.05) is 55.5 Å². The molecule has 2 atom stereocenters. The number of hydrogen-bond donors (Lipinski definition) is 2. The number of amides is 3. The summed E-state index contributed by atoms with van der Waals surface area (Å²) in [6, 6.07) is 16.1. The molecule has 1 aliphatic rings. The maximum Gasteiger partial charge on any atom is 0.326 e. The van der Waals surface area contributed by atoms with Gasteiger partial charge in [0.05, 0.1) is 0 Å². The lowest BCUT2D eigenvalue weighted by Crippen LogP contribution is -2.53. The maximum absolute atomic E-state index is 13.6. The fraction of sp³-hybridized carbons (Fsp3) is 0.444. The third-order valence-corrected chi connectivity index (χ3v) is 5.67. The van der Waals surface area contributed by atoms with Crippen LogP contribution in [-0.4, -0.2) is 47.0 Å². The minimum atomic E-state index is -0.715. The van der Waals surface area contributed by atoms with Crippen molar-refractivity contribution in [1.82, 2.24) is 10.2 Å². The van der Waals surface area contributed by atoms with Gasteiger partial charge < -0.3 is 20.3 Å². The lowest BCUT2D eigenvalue weighted by atomic mass is 10.0. The van der Waals surface area contributed by atoms with E-state index in [0.717, 1.165) is 24.0 Å². The van der Waals surface area contributed by atoms with Gasteiger partial charge in [0.25, 0.3) is 0 Å². The molecule has 3 rings (SSSR count). The van der Waals surface area contributed by atoms with Gasteiger partial charge in [-0.15, -0.1) is 0 Å². The second-order valence-corrected chi connectivity index (χ2v) is 9.85. The molecule has 0 bridgehead atoms. The second-order valence-electron chi connectivity index (χ2n) is 9.85. The molecule has 1 aliphatic heterocycles. The molecule has 0 aromatic heterocycles. The van der Waals surface area contributed by atoms with Crippen LogP contribution in [0, 0.1) is 6.92 Å². The maximum atomic E-state index is 13.6. The van der Waals surface area contributed by atoms with E-state index < -0.39 is 23.6 Å². The number of rotatable bonds is 6. The van der Waals surface area contributed by atoms with Crippen molar-refractivity contribution >= 4 is 23.6 Å². The van der Waals surface area contributed by atoms with Gasteiger partial charge in [-0.2, -0.15) is 0 Å². The third kappa shape index (κ3) is 7.61. The first-order chi connectivity index (χ1) is 16.1. The summed E-state index contributed by atoms with van der Waals surface area (Å²) in [4.78, 5) is 40.5. The fourth-order valence-corrected chi connectivity index (χ4v) is 4.22. The molecule has 7 nitrogen and oxygen atoms in total. The molecular weight excluding hydrogens is 430 g/mol. The molecule has 7 heteroatoms. The van der Waals surface area contributed by atoms with Gasteiger partial charge in [-0.3, -0.25) is 9.59 Å². The summed E-state index contributed by atoms with van der Waals surface area (Å²) in [5.74, 6) is -0.715. The first kappa shape index (κ1) is 25.3. The van der Waals surface area contributed by atoms with Crippen molar-refractivity contribution < 1.29 is 19.1 Å². The van der Waals surface area contributed by atoms with Gasteiger partial charge in [0, 0.05) is 11.7 Å². The van der Waals surface area contributed by atoms with Crippen LogP contribution in [0.15, 0.2) is 54.6 Å². The zero-order valence-electron chi connectivity index (χ0n) is 20.5. The molecule has 0 aliphatic carbocycles. The Hall–Kier alpha value is -3.35. The number of nitrogens with zero attached hydrogens (tertiary/aromatic N) is 1. The predicted molar refractivity (Wildman–Crippen MR) is 132 cm³/mol. The predicted octanol–water partition coefficient (Wildman–Crippen LogP) is 4.45. The number of aryl methyl sites for hydroxylation is 1. The van der Waals surface area contributed by atoms with Crippen LogP contribution in [-0.2, 0) is 20.7 Å². The molecule has 0 radical (unpaired) electrons. The Bertz CT molecular complexity index is 1000. The topological polar surface area (TPSA) is 87.7 Å². The first-order valence-corrected chi connectivity index (χ1v) is 11.8. The molecule has 1 saturated heterocycles. The molecule has 1 fully saturated rings.